The fraction of sp³-hybridized carbons (Fsp3) is 0.357. The van der Waals surface area contributed by atoms with Crippen molar-refractivity contribution < 1.29 is 13.9 Å². The Morgan fingerprint density at radius 1 is 1.28 bits per heavy atom. The lowest BCUT2D eigenvalue weighted by atomic mass is 10.1. The molecule has 0 aliphatic carbocycles. The molecule has 0 bridgehead atoms. The van der Waals surface area contributed by atoms with Crippen LogP contribution in [-0.2, 0) is 0 Å². The lowest BCUT2D eigenvalue weighted by molar-refractivity contribution is 0.260. The van der Waals surface area contributed by atoms with E-state index in [9.17, 15) is 0 Å². The van der Waals surface area contributed by atoms with Gasteiger partial charge in [0.2, 0.25) is 5.89 Å². The zero-order valence-corrected chi connectivity index (χ0v) is 11.1. The van der Waals surface area contributed by atoms with Gasteiger partial charge in [-0.05, 0) is 38.0 Å². The smallest absolute Gasteiger partial charge is 0.305 e. The van der Waals surface area contributed by atoms with E-state index in [1.807, 2.05) is 26.8 Å². The van der Waals surface area contributed by atoms with E-state index >= 15 is 0 Å². The maximum absolute atomic E-state index is 5.55. The molecule has 0 saturated heterocycles. The summed E-state index contributed by atoms with van der Waals surface area (Å²) in [6, 6.07) is 4.06. The zero-order chi connectivity index (χ0) is 13.1. The largest absolute Gasteiger partial charge is 0.496 e. The van der Waals surface area contributed by atoms with Crippen LogP contribution >= 0.6 is 0 Å². The van der Waals surface area contributed by atoms with E-state index in [2.05, 4.69) is 11.1 Å². The SMILES string of the molecule is CCOc1cnc(-c2cc(C)cc(C)c2OC)o1. The van der Waals surface area contributed by atoms with Crippen molar-refractivity contribution >= 4 is 0 Å². The predicted molar refractivity (Wildman–Crippen MR) is 69.1 cm³/mol. The van der Waals surface area contributed by atoms with Crippen molar-refractivity contribution in [1.82, 2.24) is 4.98 Å². The van der Waals surface area contributed by atoms with Crippen LogP contribution in [0.1, 0.15) is 18.1 Å². The predicted octanol–water partition coefficient (Wildman–Crippen LogP) is 3.37. The Balaban J connectivity index is 2.48. The fourth-order valence-electron chi connectivity index (χ4n) is 1.98. The summed E-state index contributed by atoms with van der Waals surface area (Å²) in [7, 11) is 1.65. The molecule has 0 radical (unpaired) electrons. The van der Waals surface area contributed by atoms with Crippen LogP contribution in [-0.4, -0.2) is 18.7 Å². The minimum atomic E-state index is 0.425. The van der Waals surface area contributed by atoms with E-state index in [-0.39, 0.29) is 0 Å². The third kappa shape index (κ3) is 2.32. The number of ether oxygens (including phenoxy) is 2. The Bertz CT molecular complexity index is 546. The minimum absolute atomic E-state index is 0.425. The topological polar surface area (TPSA) is 44.5 Å². The van der Waals surface area contributed by atoms with Gasteiger partial charge in [0.25, 0.3) is 0 Å². The van der Waals surface area contributed by atoms with Gasteiger partial charge >= 0.3 is 5.95 Å². The third-order valence-electron chi connectivity index (χ3n) is 2.62. The first-order valence-electron chi connectivity index (χ1n) is 5.90. The van der Waals surface area contributed by atoms with Crippen molar-refractivity contribution in [2.75, 3.05) is 13.7 Å². The van der Waals surface area contributed by atoms with Crippen molar-refractivity contribution in [3.05, 3.63) is 29.5 Å². The molecule has 0 unspecified atom stereocenters. The number of aryl methyl sites for hydroxylation is 2. The molecule has 0 aliphatic rings. The number of rotatable bonds is 4. The second-order valence-electron chi connectivity index (χ2n) is 4.08. The molecule has 0 fully saturated rings. The highest BCUT2D eigenvalue weighted by Gasteiger charge is 2.15. The highest BCUT2D eigenvalue weighted by molar-refractivity contribution is 5.66. The molecule has 0 saturated carbocycles. The first-order chi connectivity index (χ1) is 8.65. The molecule has 0 aliphatic heterocycles. The lowest BCUT2D eigenvalue weighted by Crippen LogP contribution is -1.93. The van der Waals surface area contributed by atoms with E-state index in [4.69, 9.17) is 13.9 Å². The van der Waals surface area contributed by atoms with Crippen molar-refractivity contribution in [1.29, 1.82) is 0 Å². The molecule has 4 heteroatoms. The summed E-state index contributed by atoms with van der Waals surface area (Å²) in [5, 5.41) is 0. The quantitative estimate of drug-likeness (QED) is 0.831. The standard InChI is InChI=1S/C14H17NO3/c1-5-17-12-8-15-14(18-12)11-7-9(2)6-10(3)13(11)16-4/h6-8H,5H2,1-4H3. The lowest BCUT2D eigenvalue weighted by Gasteiger charge is -2.10. The molecule has 0 N–H and O–H groups in total. The molecule has 2 aromatic rings. The van der Waals surface area contributed by atoms with Gasteiger partial charge in [0, 0.05) is 0 Å². The summed E-state index contributed by atoms with van der Waals surface area (Å²) < 4.78 is 16.2. The average Bonchev–Trinajstić information content (AvgIpc) is 2.77. The van der Waals surface area contributed by atoms with Gasteiger partial charge in [-0.15, -0.1) is 0 Å². The Kier molecular flexibility index (Phi) is 3.55. The second-order valence-corrected chi connectivity index (χ2v) is 4.08. The molecule has 2 rings (SSSR count). The van der Waals surface area contributed by atoms with Gasteiger partial charge in [-0.3, -0.25) is 0 Å². The Morgan fingerprint density at radius 3 is 2.72 bits per heavy atom. The summed E-state index contributed by atoms with van der Waals surface area (Å²) in [6.07, 6.45) is 1.58. The van der Waals surface area contributed by atoms with Crippen LogP contribution in [0.4, 0.5) is 0 Å². The van der Waals surface area contributed by atoms with Crippen molar-refractivity contribution in [3.8, 4) is 23.1 Å². The number of nitrogens with zero attached hydrogens (tertiary/aromatic N) is 1. The highest BCUT2D eigenvalue weighted by atomic mass is 16.6. The number of hydrogen-bond donors (Lipinski definition) is 0. The third-order valence-corrected chi connectivity index (χ3v) is 2.62. The Hall–Kier alpha value is -1.97. The molecule has 18 heavy (non-hydrogen) atoms. The van der Waals surface area contributed by atoms with Gasteiger partial charge in [0.1, 0.15) is 11.9 Å². The molecule has 1 aromatic carbocycles. The van der Waals surface area contributed by atoms with Crippen molar-refractivity contribution in [2.45, 2.75) is 20.8 Å². The molecular formula is C14H17NO3. The van der Waals surface area contributed by atoms with E-state index in [0.29, 0.717) is 18.4 Å². The van der Waals surface area contributed by atoms with E-state index in [1.165, 1.54) is 0 Å². The Labute approximate surface area is 107 Å². The maximum Gasteiger partial charge on any atom is 0.305 e. The number of aromatic nitrogens is 1. The van der Waals surface area contributed by atoms with E-state index in [0.717, 1.165) is 22.4 Å². The molecule has 96 valence electrons. The van der Waals surface area contributed by atoms with Gasteiger partial charge in [0.15, 0.2) is 0 Å². The summed E-state index contributed by atoms with van der Waals surface area (Å²) in [5.74, 6) is 1.72. The van der Waals surface area contributed by atoms with Gasteiger partial charge in [-0.25, -0.2) is 4.98 Å². The van der Waals surface area contributed by atoms with Crippen LogP contribution in [0.25, 0.3) is 11.5 Å². The molecule has 4 nitrogen and oxygen atoms in total. The van der Waals surface area contributed by atoms with Gasteiger partial charge < -0.3 is 13.9 Å². The highest BCUT2D eigenvalue weighted by Crippen LogP contribution is 2.34. The van der Waals surface area contributed by atoms with Gasteiger partial charge in [-0.2, -0.15) is 0 Å². The molecule has 0 atom stereocenters. The molecule has 1 aromatic heterocycles. The second kappa shape index (κ2) is 5.12. The molecule has 0 spiro atoms. The number of benzene rings is 1. The summed E-state index contributed by atoms with van der Waals surface area (Å²) >= 11 is 0. The first kappa shape index (κ1) is 12.5. The summed E-state index contributed by atoms with van der Waals surface area (Å²) in [4.78, 5) is 4.22. The molecule has 1 heterocycles. The van der Waals surface area contributed by atoms with Gasteiger partial charge in [-0.1, -0.05) is 6.07 Å². The summed E-state index contributed by atoms with van der Waals surface area (Å²) in [5.41, 5.74) is 3.05. The normalized spacial score (nSPS) is 10.4. The van der Waals surface area contributed by atoms with Crippen LogP contribution in [0.15, 0.2) is 22.7 Å². The minimum Gasteiger partial charge on any atom is -0.496 e. The van der Waals surface area contributed by atoms with Crippen molar-refractivity contribution in [3.63, 3.8) is 0 Å². The Morgan fingerprint density at radius 2 is 2.06 bits per heavy atom. The van der Waals surface area contributed by atoms with Crippen LogP contribution < -0.4 is 9.47 Å². The summed E-state index contributed by atoms with van der Waals surface area (Å²) in [6.45, 7) is 6.49. The molecule has 0 amide bonds. The fourth-order valence-corrected chi connectivity index (χ4v) is 1.98. The van der Waals surface area contributed by atoms with Crippen LogP contribution in [0.3, 0.4) is 0 Å². The van der Waals surface area contributed by atoms with Crippen molar-refractivity contribution in [2.24, 2.45) is 0 Å². The number of oxazole rings is 1. The number of hydrogen-bond acceptors (Lipinski definition) is 4. The molecular weight excluding hydrogens is 230 g/mol. The van der Waals surface area contributed by atoms with Crippen LogP contribution in [0.5, 0.6) is 11.7 Å². The van der Waals surface area contributed by atoms with E-state index in [1.54, 1.807) is 13.3 Å². The monoisotopic (exact) mass is 247 g/mol. The van der Waals surface area contributed by atoms with Gasteiger partial charge in [0.05, 0.1) is 19.3 Å². The average molecular weight is 247 g/mol. The van der Waals surface area contributed by atoms with Crippen LogP contribution in [0.2, 0.25) is 0 Å². The van der Waals surface area contributed by atoms with E-state index < -0.39 is 0 Å². The van der Waals surface area contributed by atoms with Crippen LogP contribution in [0, 0.1) is 13.8 Å². The first-order valence-corrected chi connectivity index (χ1v) is 5.90. The zero-order valence-electron chi connectivity index (χ0n) is 11.1. The number of methoxy groups -OCH3 is 1. The maximum atomic E-state index is 5.55.